The predicted octanol–water partition coefficient (Wildman–Crippen LogP) is 2.84. The van der Waals surface area contributed by atoms with E-state index in [4.69, 9.17) is 5.26 Å². The number of nitro groups is 1. The quantitative estimate of drug-likeness (QED) is 0.685. The molecule has 3 rings (SSSR count). The summed E-state index contributed by atoms with van der Waals surface area (Å²) < 4.78 is 0. The van der Waals surface area contributed by atoms with Crippen molar-refractivity contribution in [1.82, 2.24) is 4.98 Å². The molecule has 1 aliphatic heterocycles. The molecule has 0 saturated heterocycles. The molecular formula is C16H14N6O2. The Morgan fingerprint density at radius 2 is 2.04 bits per heavy atom. The third-order valence-electron chi connectivity index (χ3n) is 3.66. The third kappa shape index (κ3) is 3.01. The number of benzene rings is 1. The van der Waals surface area contributed by atoms with Gasteiger partial charge in [0.15, 0.2) is 0 Å². The molecule has 8 heteroatoms. The highest BCUT2D eigenvalue weighted by Crippen LogP contribution is 2.29. The molecule has 1 aliphatic rings. The van der Waals surface area contributed by atoms with E-state index in [1.54, 1.807) is 30.3 Å². The average molecular weight is 322 g/mol. The average Bonchev–Trinajstić information content (AvgIpc) is 3.01. The van der Waals surface area contributed by atoms with Crippen LogP contribution in [0.5, 0.6) is 0 Å². The predicted molar refractivity (Wildman–Crippen MR) is 90.7 cm³/mol. The summed E-state index contributed by atoms with van der Waals surface area (Å²) in [5, 5.41) is 23.0. The smallest absolute Gasteiger partial charge is 0.311 e. The van der Waals surface area contributed by atoms with E-state index in [9.17, 15) is 10.1 Å². The van der Waals surface area contributed by atoms with Crippen molar-refractivity contribution in [3.05, 3.63) is 52.1 Å². The molecule has 0 spiro atoms. The fourth-order valence-corrected chi connectivity index (χ4v) is 2.44. The SMILES string of the molecule is CC1=NCCN1c1ccc([N+](=O)[O-])c(Nc2ccc(C#N)cc2)n1. The van der Waals surface area contributed by atoms with E-state index in [0.717, 1.165) is 5.84 Å². The number of hydrogen-bond donors (Lipinski definition) is 1. The lowest BCUT2D eigenvalue weighted by atomic mass is 10.2. The van der Waals surface area contributed by atoms with Crippen molar-refractivity contribution in [3.8, 4) is 6.07 Å². The maximum atomic E-state index is 11.3. The Morgan fingerprint density at radius 1 is 1.29 bits per heavy atom. The van der Waals surface area contributed by atoms with E-state index in [0.29, 0.717) is 30.2 Å². The standard InChI is InChI=1S/C16H14N6O2/c1-11-18-8-9-21(11)15-7-6-14(22(23)24)16(20-15)19-13-4-2-12(10-17)3-5-13/h2-7H,8-9H2,1H3,(H,19,20). The van der Waals surface area contributed by atoms with Crippen LogP contribution in [0.4, 0.5) is 23.0 Å². The van der Waals surface area contributed by atoms with Crippen molar-refractivity contribution in [2.24, 2.45) is 4.99 Å². The van der Waals surface area contributed by atoms with Crippen LogP contribution in [0.15, 0.2) is 41.4 Å². The van der Waals surface area contributed by atoms with Crippen molar-refractivity contribution >= 4 is 28.8 Å². The van der Waals surface area contributed by atoms with E-state index in [1.165, 1.54) is 6.07 Å². The highest BCUT2D eigenvalue weighted by molar-refractivity contribution is 5.97. The summed E-state index contributed by atoms with van der Waals surface area (Å²) >= 11 is 0. The molecule has 0 amide bonds. The van der Waals surface area contributed by atoms with Crippen LogP contribution in [0.1, 0.15) is 12.5 Å². The Hall–Kier alpha value is -3.47. The first-order chi connectivity index (χ1) is 11.6. The molecular weight excluding hydrogens is 308 g/mol. The number of aromatic nitrogens is 1. The van der Waals surface area contributed by atoms with Crippen LogP contribution < -0.4 is 10.2 Å². The Bertz CT molecular complexity index is 854. The Kier molecular flexibility index (Phi) is 4.07. The van der Waals surface area contributed by atoms with Crippen molar-refractivity contribution in [2.45, 2.75) is 6.92 Å². The van der Waals surface area contributed by atoms with Crippen LogP contribution in [-0.2, 0) is 0 Å². The van der Waals surface area contributed by atoms with Crippen LogP contribution in [0.2, 0.25) is 0 Å². The van der Waals surface area contributed by atoms with Gasteiger partial charge in [0.1, 0.15) is 11.7 Å². The number of anilines is 3. The summed E-state index contributed by atoms with van der Waals surface area (Å²) in [6.07, 6.45) is 0. The minimum Gasteiger partial charge on any atom is -0.334 e. The van der Waals surface area contributed by atoms with Crippen molar-refractivity contribution in [2.75, 3.05) is 23.3 Å². The monoisotopic (exact) mass is 322 g/mol. The number of nitrogens with one attached hydrogen (secondary N) is 1. The lowest BCUT2D eigenvalue weighted by Crippen LogP contribution is -2.26. The van der Waals surface area contributed by atoms with E-state index in [1.807, 2.05) is 17.9 Å². The molecule has 120 valence electrons. The molecule has 0 aliphatic carbocycles. The van der Waals surface area contributed by atoms with Crippen LogP contribution in [-0.4, -0.2) is 28.8 Å². The normalized spacial score (nSPS) is 13.3. The highest BCUT2D eigenvalue weighted by atomic mass is 16.6. The summed E-state index contributed by atoms with van der Waals surface area (Å²) in [6, 6.07) is 11.7. The largest absolute Gasteiger partial charge is 0.334 e. The molecule has 0 bridgehead atoms. The van der Waals surface area contributed by atoms with Crippen molar-refractivity contribution in [3.63, 3.8) is 0 Å². The maximum Gasteiger partial charge on any atom is 0.311 e. The Morgan fingerprint density at radius 3 is 2.62 bits per heavy atom. The van der Waals surface area contributed by atoms with Gasteiger partial charge in [-0.1, -0.05) is 0 Å². The van der Waals surface area contributed by atoms with Crippen LogP contribution >= 0.6 is 0 Å². The third-order valence-corrected chi connectivity index (χ3v) is 3.66. The number of rotatable bonds is 4. The van der Waals surface area contributed by atoms with Gasteiger partial charge < -0.3 is 10.2 Å². The van der Waals surface area contributed by atoms with E-state index in [-0.39, 0.29) is 11.5 Å². The van der Waals surface area contributed by atoms with Gasteiger partial charge in [-0.3, -0.25) is 15.1 Å². The van der Waals surface area contributed by atoms with Gasteiger partial charge in [-0.15, -0.1) is 0 Å². The minimum atomic E-state index is -0.478. The van der Waals surface area contributed by atoms with Gasteiger partial charge in [0, 0.05) is 18.3 Å². The highest BCUT2D eigenvalue weighted by Gasteiger charge is 2.21. The number of nitriles is 1. The zero-order chi connectivity index (χ0) is 17.1. The van der Waals surface area contributed by atoms with E-state index in [2.05, 4.69) is 15.3 Å². The Labute approximate surface area is 138 Å². The van der Waals surface area contributed by atoms with Gasteiger partial charge in [0.25, 0.3) is 0 Å². The topological polar surface area (TPSA) is 107 Å². The first kappa shape index (κ1) is 15.4. The van der Waals surface area contributed by atoms with E-state index < -0.39 is 4.92 Å². The number of pyridine rings is 1. The summed E-state index contributed by atoms with van der Waals surface area (Å²) in [6.45, 7) is 3.26. The molecule has 0 radical (unpaired) electrons. The van der Waals surface area contributed by atoms with Crippen LogP contribution in [0.3, 0.4) is 0 Å². The number of amidine groups is 1. The maximum absolute atomic E-state index is 11.3. The lowest BCUT2D eigenvalue weighted by molar-refractivity contribution is -0.384. The van der Waals surface area contributed by atoms with Gasteiger partial charge in [0.2, 0.25) is 5.82 Å². The number of aliphatic imine (C=N–C) groups is 1. The second-order valence-electron chi connectivity index (χ2n) is 5.19. The Balaban J connectivity index is 1.95. The zero-order valence-corrected chi connectivity index (χ0v) is 12.9. The van der Waals surface area contributed by atoms with Crippen molar-refractivity contribution in [1.29, 1.82) is 5.26 Å². The van der Waals surface area contributed by atoms with Crippen LogP contribution in [0, 0.1) is 21.4 Å². The molecule has 8 nitrogen and oxygen atoms in total. The van der Waals surface area contributed by atoms with Crippen molar-refractivity contribution < 1.29 is 4.92 Å². The minimum absolute atomic E-state index is 0.114. The van der Waals surface area contributed by atoms with Gasteiger partial charge in [-0.25, -0.2) is 4.98 Å². The molecule has 2 aromatic rings. The first-order valence-corrected chi connectivity index (χ1v) is 7.29. The molecule has 0 fully saturated rings. The summed E-state index contributed by atoms with van der Waals surface area (Å²) in [5.74, 6) is 1.60. The van der Waals surface area contributed by atoms with Crippen LogP contribution in [0.25, 0.3) is 0 Å². The van der Waals surface area contributed by atoms with E-state index >= 15 is 0 Å². The number of hydrogen-bond acceptors (Lipinski definition) is 7. The molecule has 24 heavy (non-hydrogen) atoms. The zero-order valence-electron chi connectivity index (χ0n) is 12.9. The fraction of sp³-hybridized carbons (Fsp3) is 0.188. The summed E-state index contributed by atoms with van der Waals surface area (Å²) in [5.41, 5.74) is 1.02. The first-order valence-electron chi connectivity index (χ1n) is 7.29. The lowest BCUT2D eigenvalue weighted by Gasteiger charge is -2.18. The molecule has 1 N–H and O–H groups in total. The second kappa shape index (κ2) is 6.34. The van der Waals surface area contributed by atoms with Gasteiger partial charge in [0.05, 0.1) is 23.1 Å². The van der Waals surface area contributed by atoms with Gasteiger partial charge in [-0.2, -0.15) is 5.26 Å². The van der Waals surface area contributed by atoms with Gasteiger partial charge >= 0.3 is 5.69 Å². The fourth-order valence-electron chi connectivity index (χ4n) is 2.44. The molecule has 0 saturated carbocycles. The molecule has 0 atom stereocenters. The summed E-state index contributed by atoms with van der Waals surface area (Å²) in [4.78, 5) is 21.4. The number of nitrogens with zero attached hydrogens (tertiary/aromatic N) is 5. The summed E-state index contributed by atoms with van der Waals surface area (Å²) in [7, 11) is 0. The molecule has 0 unspecified atom stereocenters. The van der Waals surface area contributed by atoms with Gasteiger partial charge in [-0.05, 0) is 37.3 Å². The molecule has 1 aromatic carbocycles. The molecule has 1 aromatic heterocycles. The molecule has 2 heterocycles. The second-order valence-corrected chi connectivity index (χ2v) is 5.19.